The highest BCUT2D eigenvalue weighted by atomic mass is 35.5. The van der Waals surface area contributed by atoms with Crippen LogP contribution < -0.4 is 22.6 Å². The molecule has 1 amide bonds. The smallest absolute Gasteiger partial charge is 0.251 e. The number of quaternary nitrogens is 1. The zero-order valence-corrected chi connectivity index (χ0v) is 16.3. The van der Waals surface area contributed by atoms with E-state index < -0.39 is 0 Å². The molecule has 2 aliphatic rings. The van der Waals surface area contributed by atoms with E-state index >= 15 is 0 Å². The van der Waals surface area contributed by atoms with Gasteiger partial charge >= 0.3 is 0 Å². The molecule has 0 spiro atoms. The van der Waals surface area contributed by atoms with E-state index in [-0.39, 0.29) is 24.4 Å². The van der Waals surface area contributed by atoms with E-state index in [0.29, 0.717) is 11.7 Å². The standard InChI is InChI=1S/C21H30N2O2.ClH/c24-20(17-7-3-1-4-8-17)13-16-23-14-11-19(12-15-23)22-21(25)18-9-5-2-6-10-18;/h2,5-6,9-10,17,19H,1,3-4,7-8,11-16H2,(H,22,25);1H. The summed E-state index contributed by atoms with van der Waals surface area (Å²) in [4.78, 5) is 26.1. The minimum absolute atomic E-state index is 0. The zero-order chi connectivity index (χ0) is 17.5. The minimum atomic E-state index is 0. The average molecular weight is 379 g/mol. The third-order valence-corrected chi connectivity index (χ3v) is 5.85. The van der Waals surface area contributed by atoms with Gasteiger partial charge in [-0.1, -0.05) is 37.5 Å². The summed E-state index contributed by atoms with van der Waals surface area (Å²) in [6.45, 7) is 3.07. The molecule has 2 fully saturated rings. The molecule has 3 rings (SSSR count). The van der Waals surface area contributed by atoms with Gasteiger partial charge in [-0.2, -0.15) is 0 Å². The van der Waals surface area contributed by atoms with Crippen molar-refractivity contribution in [3.05, 3.63) is 35.9 Å². The number of ketones is 1. The lowest BCUT2D eigenvalue weighted by atomic mass is 9.85. The maximum Gasteiger partial charge on any atom is 0.251 e. The van der Waals surface area contributed by atoms with Crippen molar-refractivity contribution < 1.29 is 26.9 Å². The van der Waals surface area contributed by atoms with Crippen molar-refractivity contribution in [3.8, 4) is 0 Å². The van der Waals surface area contributed by atoms with Crippen LogP contribution in [-0.4, -0.2) is 37.4 Å². The van der Waals surface area contributed by atoms with E-state index in [1.54, 1.807) is 0 Å². The monoisotopic (exact) mass is 378 g/mol. The maximum absolute atomic E-state index is 12.3. The number of piperidine rings is 1. The quantitative estimate of drug-likeness (QED) is 0.667. The first-order valence-electron chi connectivity index (χ1n) is 9.94. The van der Waals surface area contributed by atoms with Crippen LogP contribution in [0.25, 0.3) is 0 Å². The lowest BCUT2D eigenvalue weighted by molar-refractivity contribution is -0.904. The van der Waals surface area contributed by atoms with E-state index in [9.17, 15) is 9.59 Å². The largest absolute Gasteiger partial charge is 1.00 e. The Kier molecular flexibility index (Phi) is 8.60. The van der Waals surface area contributed by atoms with Gasteiger partial charge in [-0.25, -0.2) is 0 Å². The van der Waals surface area contributed by atoms with E-state index in [1.165, 1.54) is 24.2 Å². The van der Waals surface area contributed by atoms with Gasteiger partial charge in [0.15, 0.2) is 0 Å². The third-order valence-electron chi connectivity index (χ3n) is 5.85. The molecule has 1 heterocycles. The third kappa shape index (κ3) is 6.10. The Morgan fingerprint density at radius 3 is 2.27 bits per heavy atom. The molecular weight excluding hydrogens is 348 g/mol. The van der Waals surface area contributed by atoms with E-state index in [2.05, 4.69) is 5.32 Å². The summed E-state index contributed by atoms with van der Waals surface area (Å²) >= 11 is 0. The van der Waals surface area contributed by atoms with Gasteiger partial charge in [0.25, 0.3) is 5.91 Å². The van der Waals surface area contributed by atoms with Crippen LogP contribution in [0.15, 0.2) is 30.3 Å². The maximum atomic E-state index is 12.3. The molecule has 26 heavy (non-hydrogen) atoms. The minimum Gasteiger partial charge on any atom is -1.00 e. The van der Waals surface area contributed by atoms with Crippen LogP contribution in [0, 0.1) is 5.92 Å². The molecule has 1 aromatic rings. The molecule has 1 saturated carbocycles. The fourth-order valence-electron chi connectivity index (χ4n) is 4.21. The van der Waals surface area contributed by atoms with Crippen molar-refractivity contribution in [2.75, 3.05) is 19.6 Å². The molecule has 0 bridgehead atoms. The van der Waals surface area contributed by atoms with Crippen LogP contribution in [0.2, 0.25) is 0 Å². The summed E-state index contributed by atoms with van der Waals surface area (Å²) in [6.07, 6.45) is 8.74. The van der Waals surface area contributed by atoms with Crippen LogP contribution in [0.3, 0.4) is 0 Å². The number of benzene rings is 1. The number of carbonyl (C=O) groups is 2. The highest BCUT2D eigenvalue weighted by Gasteiger charge is 2.26. The second-order valence-corrected chi connectivity index (χ2v) is 7.67. The lowest BCUT2D eigenvalue weighted by Crippen LogP contribution is -3.13. The number of carbonyl (C=O) groups excluding carboxylic acids is 2. The summed E-state index contributed by atoms with van der Waals surface area (Å²) < 4.78 is 0. The number of hydrogen-bond acceptors (Lipinski definition) is 2. The SMILES string of the molecule is O=C(NC1CC[NH+](CCC(=O)C2CCCCC2)CC1)c1ccccc1.[Cl-]. The fraction of sp³-hybridized carbons (Fsp3) is 0.619. The van der Waals surface area contributed by atoms with Gasteiger partial charge in [0.1, 0.15) is 5.78 Å². The van der Waals surface area contributed by atoms with Gasteiger partial charge in [-0.15, -0.1) is 0 Å². The molecule has 1 aliphatic heterocycles. The molecule has 0 aromatic heterocycles. The number of halogens is 1. The molecule has 0 atom stereocenters. The highest BCUT2D eigenvalue weighted by molar-refractivity contribution is 5.94. The topological polar surface area (TPSA) is 50.6 Å². The van der Waals surface area contributed by atoms with Crippen molar-refractivity contribution in [2.45, 2.75) is 57.4 Å². The Hall–Kier alpha value is -1.39. The van der Waals surface area contributed by atoms with Crippen molar-refractivity contribution in [1.82, 2.24) is 5.32 Å². The molecule has 4 nitrogen and oxygen atoms in total. The number of hydrogen-bond donors (Lipinski definition) is 2. The van der Waals surface area contributed by atoms with Crippen molar-refractivity contribution in [3.63, 3.8) is 0 Å². The highest BCUT2D eigenvalue weighted by Crippen LogP contribution is 2.24. The van der Waals surface area contributed by atoms with Crippen LogP contribution in [-0.2, 0) is 4.79 Å². The predicted molar refractivity (Wildman–Crippen MR) is 98.7 cm³/mol. The van der Waals surface area contributed by atoms with Crippen LogP contribution >= 0.6 is 0 Å². The van der Waals surface area contributed by atoms with E-state index in [4.69, 9.17) is 0 Å². The summed E-state index contributed by atoms with van der Waals surface area (Å²) in [5.74, 6) is 0.865. The summed E-state index contributed by atoms with van der Waals surface area (Å²) in [5, 5.41) is 3.15. The van der Waals surface area contributed by atoms with Gasteiger partial charge in [-0.05, 0) is 25.0 Å². The Bertz CT molecular complexity index is 565. The number of rotatable bonds is 6. The second-order valence-electron chi connectivity index (χ2n) is 7.67. The summed E-state index contributed by atoms with van der Waals surface area (Å²) in [5.41, 5.74) is 0.732. The van der Waals surface area contributed by atoms with Crippen molar-refractivity contribution >= 4 is 11.7 Å². The van der Waals surface area contributed by atoms with Crippen molar-refractivity contribution in [2.24, 2.45) is 5.92 Å². The Labute approximate surface area is 163 Å². The first-order valence-corrected chi connectivity index (χ1v) is 9.94. The van der Waals surface area contributed by atoms with Gasteiger partial charge in [0.05, 0.1) is 26.1 Å². The number of Topliss-reactive ketones (excluding diaryl/α,β-unsaturated/α-hetero) is 1. The summed E-state index contributed by atoms with van der Waals surface area (Å²) in [6, 6.07) is 9.69. The van der Waals surface area contributed by atoms with Crippen LogP contribution in [0.4, 0.5) is 0 Å². The molecule has 0 radical (unpaired) electrons. The molecule has 2 N–H and O–H groups in total. The average Bonchev–Trinajstić information content (AvgIpc) is 2.68. The molecule has 0 unspecified atom stereocenters. The molecule has 1 saturated heterocycles. The first-order chi connectivity index (χ1) is 12.2. The van der Waals surface area contributed by atoms with E-state index in [1.807, 2.05) is 30.3 Å². The molecule has 1 aromatic carbocycles. The van der Waals surface area contributed by atoms with Gasteiger partial charge < -0.3 is 22.6 Å². The van der Waals surface area contributed by atoms with Gasteiger partial charge in [0, 0.05) is 30.4 Å². The number of amides is 1. The van der Waals surface area contributed by atoms with Gasteiger partial charge in [0.2, 0.25) is 0 Å². The number of nitrogens with one attached hydrogen (secondary N) is 2. The predicted octanol–water partition coefficient (Wildman–Crippen LogP) is -0.993. The molecule has 1 aliphatic carbocycles. The first kappa shape index (κ1) is 20.9. The normalized spacial score (nSPS) is 23.7. The summed E-state index contributed by atoms with van der Waals surface area (Å²) in [7, 11) is 0. The Balaban J connectivity index is 0.00000243. The second kappa shape index (κ2) is 10.7. The molecule has 5 heteroatoms. The molecular formula is C21H31ClN2O2. The Morgan fingerprint density at radius 2 is 1.62 bits per heavy atom. The van der Waals surface area contributed by atoms with Crippen molar-refractivity contribution in [1.29, 1.82) is 0 Å². The number of likely N-dealkylation sites (tertiary alicyclic amines) is 1. The Morgan fingerprint density at radius 1 is 0.962 bits per heavy atom. The zero-order valence-electron chi connectivity index (χ0n) is 15.5. The lowest BCUT2D eigenvalue weighted by Gasteiger charge is -2.30. The fourth-order valence-corrected chi connectivity index (χ4v) is 4.21. The van der Waals surface area contributed by atoms with E-state index in [0.717, 1.165) is 57.3 Å². The van der Waals surface area contributed by atoms with Crippen LogP contribution in [0.1, 0.15) is 61.7 Å². The van der Waals surface area contributed by atoms with Gasteiger partial charge in [-0.3, -0.25) is 9.59 Å². The van der Waals surface area contributed by atoms with Crippen LogP contribution in [0.5, 0.6) is 0 Å². The molecule has 144 valence electrons.